The van der Waals surface area contributed by atoms with Crippen molar-refractivity contribution < 1.29 is 0 Å². The van der Waals surface area contributed by atoms with Gasteiger partial charge in [0.05, 0.1) is 0 Å². The normalized spacial score (nSPS) is 9.92. The van der Waals surface area contributed by atoms with Gasteiger partial charge < -0.3 is 4.90 Å². The highest BCUT2D eigenvalue weighted by molar-refractivity contribution is 14.1. The van der Waals surface area contributed by atoms with Gasteiger partial charge in [-0.3, -0.25) is 0 Å². The molecule has 0 unspecified atom stereocenters. The first-order valence-corrected chi connectivity index (χ1v) is 5.60. The lowest BCUT2D eigenvalue weighted by Gasteiger charge is -2.17. The zero-order valence-corrected chi connectivity index (χ0v) is 9.71. The van der Waals surface area contributed by atoms with Gasteiger partial charge in [0.2, 0.25) is 0 Å². The van der Waals surface area contributed by atoms with E-state index < -0.39 is 0 Å². The van der Waals surface area contributed by atoms with Crippen LogP contribution >= 0.6 is 22.6 Å². The number of aryl methyl sites for hydroxylation is 1. The number of rotatable bonds is 3. The maximum Gasteiger partial charge on any atom is 0.0366 e. The number of anilines is 1. The molecule has 0 radical (unpaired) electrons. The average molecular weight is 275 g/mol. The van der Waals surface area contributed by atoms with E-state index in [1.807, 2.05) is 0 Å². The van der Waals surface area contributed by atoms with Crippen molar-refractivity contribution in [2.75, 3.05) is 22.9 Å². The Bertz CT molecular complexity index is 247. The molecule has 0 atom stereocenters. The summed E-state index contributed by atoms with van der Waals surface area (Å²) < 4.78 is 1.17. The summed E-state index contributed by atoms with van der Waals surface area (Å²) in [5, 5.41) is 0. The Labute approximate surface area is 87.9 Å². The fourth-order valence-corrected chi connectivity index (χ4v) is 1.84. The molecular formula is C10H14IN. The maximum atomic E-state index is 2.40. The number of alkyl halides is 1. The predicted molar refractivity (Wildman–Crippen MR) is 63.3 cm³/mol. The van der Waals surface area contributed by atoms with E-state index in [0.717, 1.165) is 6.54 Å². The molecule has 1 nitrogen and oxygen atoms in total. The summed E-state index contributed by atoms with van der Waals surface area (Å²) >= 11 is 2.40. The molecule has 0 aliphatic rings. The van der Waals surface area contributed by atoms with Crippen LogP contribution in [0.25, 0.3) is 0 Å². The van der Waals surface area contributed by atoms with Gasteiger partial charge in [0, 0.05) is 23.7 Å². The number of benzene rings is 1. The van der Waals surface area contributed by atoms with Crippen LogP contribution in [0.2, 0.25) is 0 Å². The van der Waals surface area contributed by atoms with Crippen molar-refractivity contribution in [2.45, 2.75) is 6.92 Å². The summed E-state index contributed by atoms with van der Waals surface area (Å²) in [6.45, 7) is 3.24. The van der Waals surface area contributed by atoms with Gasteiger partial charge in [0.1, 0.15) is 0 Å². The molecule has 0 spiro atoms. The lowest BCUT2D eigenvalue weighted by molar-refractivity contribution is 0.986. The van der Waals surface area contributed by atoms with Crippen LogP contribution in [-0.2, 0) is 0 Å². The van der Waals surface area contributed by atoms with E-state index in [-0.39, 0.29) is 0 Å². The van der Waals surface area contributed by atoms with Crippen LogP contribution < -0.4 is 4.90 Å². The van der Waals surface area contributed by atoms with Crippen molar-refractivity contribution in [1.29, 1.82) is 0 Å². The highest BCUT2D eigenvalue weighted by Gasteiger charge is 1.97. The number of hydrogen-bond acceptors (Lipinski definition) is 1. The quantitative estimate of drug-likeness (QED) is 0.605. The number of hydrogen-bond donors (Lipinski definition) is 0. The zero-order chi connectivity index (χ0) is 8.97. The molecule has 0 bridgehead atoms. The van der Waals surface area contributed by atoms with E-state index in [0.29, 0.717) is 0 Å². The Morgan fingerprint density at radius 2 is 2.17 bits per heavy atom. The molecule has 0 heterocycles. The van der Waals surface area contributed by atoms with Crippen LogP contribution in [0.5, 0.6) is 0 Å². The van der Waals surface area contributed by atoms with Crippen LogP contribution in [0.3, 0.4) is 0 Å². The smallest absolute Gasteiger partial charge is 0.0366 e. The van der Waals surface area contributed by atoms with E-state index in [1.165, 1.54) is 15.7 Å². The second-order valence-corrected chi connectivity index (χ2v) is 4.03. The molecule has 2 heteroatoms. The number of halogens is 1. The van der Waals surface area contributed by atoms with Gasteiger partial charge in [-0.05, 0) is 24.6 Å². The molecule has 1 aromatic carbocycles. The Morgan fingerprint density at radius 1 is 1.42 bits per heavy atom. The van der Waals surface area contributed by atoms with Gasteiger partial charge in [-0.25, -0.2) is 0 Å². The Hall–Kier alpha value is -0.250. The lowest BCUT2D eigenvalue weighted by atomic mass is 10.2. The van der Waals surface area contributed by atoms with Crippen LogP contribution in [0, 0.1) is 6.92 Å². The third-order valence-electron chi connectivity index (χ3n) is 1.86. The van der Waals surface area contributed by atoms with Crippen molar-refractivity contribution in [2.24, 2.45) is 0 Å². The molecular weight excluding hydrogens is 261 g/mol. The molecule has 66 valence electrons. The van der Waals surface area contributed by atoms with E-state index >= 15 is 0 Å². The van der Waals surface area contributed by atoms with Gasteiger partial charge in [-0.1, -0.05) is 34.7 Å². The predicted octanol–water partition coefficient (Wildman–Crippen LogP) is 2.87. The molecule has 12 heavy (non-hydrogen) atoms. The summed E-state index contributed by atoms with van der Waals surface area (Å²) in [5.74, 6) is 0. The third kappa shape index (κ3) is 2.66. The highest BCUT2D eigenvalue weighted by atomic mass is 127. The monoisotopic (exact) mass is 275 g/mol. The molecule has 1 rings (SSSR count). The molecule has 1 aromatic rings. The van der Waals surface area contributed by atoms with Crippen molar-refractivity contribution in [3.8, 4) is 0 Å². The van der Waals surface area contributed by atoms with Crippen LogP contribution in [0.15, 0.2) is 24.3 Å². The van der Waals surface area contributed by atoms with Crippen molar-refractivity contribution in [3.05, 3.63) is 29.8 Å². The molecule has 0 aliphatic carbocycles. The molecule has 0 saturated heterocycles. The molecule has 0 saturated carbocycles. The van der Waals surface area contributed by atoms with E-state index in [2.05, 4.69) is 65.7 Å². The van der Waals surface area contributed by atoms with Crippen molar-refractivity contribution >= 4 is 28.3 Å². The lowest BCUT2D eigenvalue weighted by Crippen LogP contribution is -2.19. The SMILES string of the molecule is Cc1cccc(N(C)CCI)c1. The molecule has 0 aromatic heterocycles. The van der Waals surface area contributed by atoms with Crippen molar-refractivity contribution in [1.82, 2.24) is 0 Å². The minimum Gasteiger partial charge on any atom is -0.374 e. The van der Waals surface area contributed by atoms with Gasteiger partial charge in [0.15, 0.2) is 0 Å². The second-order valence-electron chi connectivity index (χ2n) is 2.95. The van der Waals surface area contributed by atoms with Gasteiger partial charge in [-0.2, -0.15) is 0 Å². The van der Waals surface area contributed by atoms with E-state index in [9.17, 15) is 0 Å². The highest BCUT2D eigenvalue weighted by Crippen LogP contribution is 2.13. The number of nitrogens with zero attached hydrogens (tertiary/aromatic N) is 1. The summed E-state index contributed by atoms with van der Waals surface area (Å²) in [4.78, 5) is 2.28. The summed E-state index contributed by atoms with van der Waals surface area (Å²) in [7, 11) is 2.13. The first-order valence-electron chi connectivity index (χ1n) is 4.08. The second kappa shape index (κ2) is 4.70. The topological polar surface area (TPSA) is 3.24 Å². The summed E-state index contributed by atoms with van der Waals surface area (Å²) in [5.41, 5.74) is 2.64. The zero-order valence-electron chi connectivity index (χ0n) is 7.55. The molecule has 0 aliphatic heterocycles. The van der Waals surface area contributed by atoms with Crippen LogP contribution in [-0.4, -0.2) is 18.0 Å². The summed E-state index contributed by atoms with van der Waals surface area (Å²) in [6.07, 6.45) is 0. The van der Waals surface area contributed by atoms with Gasteiger partial charge >= 0.3 is 0 Å². The van der Waals surface area contributed by atoms with Gasteiger partial charge in [0.25, 0.3) is 0 Å². The van der Waals surface area contributed by atoms with Crippen LogP contribution in [0.1, 0.15) is 5.56 Å². The van der Waals surface area contributed by atoms with Crippen molar-refractivity contribution in [3.63, 3.8) is 0 Å². The first-order chi connectivity index (χ1) is 5.74. The molecule has 0 fully saturated rings. The van der Waals surface area contributed by atoms with Gasteiger partial charge in [-0.15, -0.1) is 0 Å². The van der Waals surface area contributed by atoms with E-state index in [4.69, 9.17) is 0 Å². The Balaban J connectivity index is 2.73. The minimum atomic E-state index is 1.12. The summed E-state index contributed by atoms with van der Waals surface area (Å²) in [6, 6.07) is 8.60. The molecule has 0 N–H and O–H groups in total. The first kappa shape index (κ1) is 9.84. The largest absolute Gasteiger partial charge is 0.374 e. The average Bonchev–Trinajstić information content (AvgIpc) is 2.05. The fourth-order valence-electron chi connectivity index (χ4n) is 1.12. The Kier molecular flexibility index (Phi) is 3.85. The fraction of sp³-hybridized carbons (Fsp3) is 0.400. The van der Waals surface area contributed by atoms with Crippen LogP contribution in [0.4, 0.5) is 5.69 Å². The van der Waals surface area contributed by atoms with E-state index in [1.54, 1.807) is 0 Å². The minimum absolute atomic E-state index is 1.12. The standard InChI is InChI=1S/C10H14IN/c1-9-4-3-5-10(8-9)12(2)7-6-11/h3-5,8H,6-7H2,1-2H3. The molecule has 0 amide bonds. The maximum absolute atomic E-state index is 2.40. The Morgan fingerprint density at radius 3 is 2.75 bits per heavy atom. The third-order valence-corrected chi connectivity index (χ3v) is 2.34.